The number of hydrogen-bond acceptors (Lipinski definition) is 3. The van der Waals surface area contributed by atoms with Gasteiger partial charge >= 0.3 is 0 Å². The average molecular weight is 462 g/mol. The summed E-state index contributed by atoms with van der Waals surface area (Å²) in [6, 6.07) is 5.61. The Kier molecular flexibility index (Phi) is 9.01. The van der Waals surface area contributed by atoms with Gasteiger partial charge < -0.3 is 16.0 Å². The number of halogens is 1. The van der Waals surface area contributed by atoms with Gasteiger partial charge in [-0.25, -0.2) is 0 Å². The molecule has 0 aromatic heterocycles. The molecule has 1 aromatic carbocycles. The average Bonchev–Trinajstić information content (AvgIpc) is 2.81. The zero-order valence-corrected chi connectivity index (χ0v) is 20.6. The summed E-state index contributed by atoms with van der Waals surface area (Å²) >= 11 is 6.55. The molecule has 2 aliphatic carbocycles. The highest BCUT2D eigenvalue weighted by atomic mass is 35.5. The smallest absolute Gasteiger partial charge is 0.227 e. The monoisotopic (exact) mass is 461 g/mol. The van der Waals surface area contributed by atoms with Crippen LogP contribution in [-0.4, -0.2) is 29.8 Å². The summed E-state index contributed by atoms with van der Waals surface area (Å²) in [4.78, 5) is 28.1. The van der Waals surface area contributed by atoms with Gasteiger partial charge in [-0.2, -0.15) is 0 Å². The predicted octanol–water partition coefficient (Wildman–Crippen LogP) is 5.75. The van der Waals surface area contributed by atoms with Crippen molar-refractivity contribution in [2.45, 2.75) is 84.6 Å². The summed E-state index contributed by atoms with van der Waals surface area (Å²) in [7, 11) is 0. The fraction of sp³-hybridized carbons (Fsp3) is 0.692. The van der Waals surface area contributed by atoms with E-state index in [0.29, 0.717) is 24.7 Å². The van der Waals surface area contributed by atoms with Gasteiger partial charge in [0.2, 0.25) is 11.8 Å². The van der Waals surface area contributed by atoms with Gasteiger partial charge in [-0.3, -0.25) is 9.59 Å². The van der Waals surface area contributed by atoms with E-state index in [4.69, 9.17) is 17.3 Å². The minimum atomic E-state index is -0.177. The number of nitrogens with one attached hydrogen (secondary N) is 1. The largest absolute Gasteiger partial charge is 0.337 e. The van der Waals surface area contributed by atoms with E-state index in [1.165, 1.54) is 12.8 Å². The number of anilines is 1. The van der Waals surface area contributed by atoms with Crippen LogP contribution in [0.4, 0.5) is 5.69 Å². The molecule has 0 radical (unpaired) electrons. The molecule has 0 aliphatic heterocycles. The van der Waals surface area contributed by atoms with Crippen LogP contribution in [0.1, 0.15) is 83.6 Å². The molecule has 3 rings (SSSR count). The van der Waals surface area contributed by atoms with Gasteiger partial charge in [-0.1, -0.05) is 64.0 Å². The zero-order valence-electron chi connectivity index (χ0n) is 19.8. The topological polar surface area (TPSA) is 75.4 Å². The number of carbonyl (C=O) groups is 2. The predicted molar refractivity (Wildman–Crippen MR) is 131 cm³/mol. The van der Waals surface area contributed by atoms with Gasteiger partial charge in [0.1, 0.15) is 0 Å². The minimum absolute atomic E-state index is 0.0882. The Morgan fingerprint density at radius 3 is 2.22 bits per heavy atom. The van der Waals surface area contributed by atoms with E-state index in [9.17, 15) is 9.59 Å². The standard InChI is InChI=1S/C26H40ClN3O2/c1-26(2,17-28)18-30(25(32)20-11-7-4-8-12-20)16-21-15-22(13-14-23(21)27)29-24(31)19-9-5-3-6-10-19/h13-15,19-20H,3-12,16-18,28H2,1-2H3,(H,29,31). The first-order valence-corrected chi connectivity index (χ1v) is 12.7. The van der Waals surface area contributed by atoms with Crippen molar-refractivity contribution >= 4 is 29.1 Å². The van der Waals surface area contributed by atoms with Crippen LogP contribution in [-0.2, 0) is 16.1 Å². The van der Waals surface area contributed by atoms with Crippen molar-refractivity contribution in [1.82, 2.24) is 4.90 Å². The molecule has 32 heavy (non-hydrogen) atoms. The molecule has 2 aliphatic rings. The summed E-state index contributed by atoms with van der Waals surface area (Å²) in [6.45, 7) is 5.72. The van der Waals surface area contributed by atoms with Crippen molar-refractivity contribution in [3.05, 3.63) is 28.8 Å². The van der Waals surface area contributed by atoms with Crippen LogP contribution >= 0.6 is 11.6 Å². The van der Waals surface area contributed by atoms with Gasteiger partial charge in [-0.05, 0) is 61.4 Å². The maximum Gasteiger partial charge on any atom is 0.227 e. The third-order valence-electron chi connectivity index (χ3n) is 7.09. The van der Waals surface area contributed by atoms with E-state index in [1.54, 1.807) is 0 Å². The summed E-state index contributed by atoms with van der Waals surface area (Å²) in [5, 5.41) is 3.70. The summed E-state index contributed by atoms with van der Waals surface area (Å²) in [5.41, 5.74) is 7.44. The Labute approximate surface area is 198 Å². The number of nitrogens with zero attached hydrogens (tertiary/aromatic N) is 1. The van der Waals surface area contributed by atoms with E-state index in [2.05, 4.69) is 19.2 Å². The van der Waals surface area contributed by atoms with Gasteiger partial charge in [0.15, 0.2) is 0 Å². The second-order valence-corrected chi connectivity index (χ2v) is 10.9. The van der Waals surface area contributed by atoms with Crippen LogP contribution in [0.5, 0.6) is 0 Å². The fourth-order valence-electron chi connectivity index (χ4n) is 4.99. The number of amides is 2. The number of nitrogens with two attached hydrogens (primary N) is 1. The summed E-state index contributed by atoms with van der Waals surface area (Å²) in [6.07, 6.45) is 10.8. The molecule has 1 aromatic rings. The minimum Gasteiger partial charge on any atom is -0.337 e. The molecule has 6 heteroatoms. The van der Waals surface area contributed by atoms with Crippen molar-refractivity contribution in [3.8, 4) is 0 Å². The third-order valence-corrected chi connectivity index (χ3v) is 7.46. The molecule has 3 N–H and O–H groups in total. The van der Waals surface area contributed by atoms with Crippen molar-refractivity contribution in [2.24, 2.45) is 23.0 Å². The quantitative estimate of drug-likeness (QED) is 0.517. The molecule has 0 atom stereocenters. The van der Waals surface area contributed by atoms with Crippen LogP contribution < -0.4 is 11.1 Å². The van der Waals surface area contributed by atoms with Crippen LogP contribution in [0.3, 0.4) is 0 Å². The number of rotatable bonds is 8. The van der Waals surface area contributed by atoms with Crippen molar-refractivity contribution in [3.63, 3.8) is 0 Å². The first kappa shape index (κ1) is 25.0. The highest BCUT2D eigenvalue weighted by molar-refractivity contribution is 6.31. The first-order valence-electron chi connectivity index (χ1n) is 12.4. The Hall–Kier alpha value is -1.59. The third kappa shape index (κ3) is 6.95. The van der Waals surface area contributed by atoms with E-state index in [1.807, 2.05) is 23.1 Å². The maximum absolute atomic E-state index is 13.4. The lowest BCUT2D eigenvalue weighted by Crippen LogP contribution is -2.44. The van der Waals surface area contributed by atoms with Crippen LogP contribution in [0, 0.1) is 17.3 Å². The van der Waals surface area contributed by atoms with Crippen molar-refractivity contribution < 1.29 is 9.59 Å². The number of carbonyl (C=O) groups excluding carboxylic acids is 2. The molecule has 0 spiro atoms. The Morgan fingerprint density at radius 1 is 1.03 bits per heavy atom. The van der Waals surface area contributed by atoms with E-state index in [-0.39, 0.29) is 29.1 Å². The molecule has 0 bridgehead atoms. The lowest BCUT2D eigenvalue weighted by atomic mass is 9.86. The van der Waals surface area contributed by atoms with Crippen LogP contribution in [0.25, 0.3) is 0 Å². The Morgan fingerprint density at radius 2 is 1.62 bits per heavy atom. The maximum atomic E-state index is 13.4. The number of benzene rings is 1. The lowest BCUT2D eigenvalue weighted by Gasteiger charge is -2.35. The molecular weight excluding hydrogens is 422 g/mol. The van der Waals surface area contributed by atoms with Gasteiger partial charge in [0, 0.05) is 35.6 Å². The van der Waals surface area contributed by atoms with Gasteiger partial charge in [0.25, 0.3) is 0 Å². The Bertz CT molecular complexity index is 783. The summed E-state index contributed by atoms with van der Waals surface area (Å²) in [5.74, 6) is 0.485. The highest BCUT2D eigenvalue weighted by Crippen LogP contribution is 2.30. The molecule has 0 saturated heterocycles. The summed E-state index contributed by atoms with van der Waals surface area (Å²) < 4.78 is 0. The zero-order chi connectivity index (χ0) is 23.1. The molecular formula is C26H40ClN3O2. The SMILES string of the molecule is CC(C)(CN)CN(Cc1cc(NC(=O)C2CCCCC2)ccc1Cl)C(=O)C1CCCCC1. The van der Waals surface area contributed by atoms with E-state index in [0.717, 1.165) is 62.6 Å². The molecule has 0 unspecified atom stereocenters. The molecule has 5 nitrogen and oxygen atoms in total. The van der Waals surface area contributed by atoms with Crippen molar-refractivity contribution in [1.29, 1.82) is 0 Å². The van der Waals surface area contributed by atoms with Crippen molar-refractivity contribution in [2.75, 3.05) is 18.4 Å². The molecule has 2 fully saturated rings. The lowest BCUT2D eigenvalue weighted by molar-refractivity contribution is -0.138. The second kappa shape index (κ2) is 11.5. The second-order valence-electron chi connectivity index (χ2n) is 10.5. The normalized spacial score (nSPS) is 18.4. The van der Waals surface area contributed by atoms with Gasteiger partial charge in [-0.15, -0.1) is 0 Å². The van der Waals surface area contributed by atoms with E-state index < -0.39 is 0 Å². The molecule has 2 amide bonds. The van der Waals surface area contributed by atoms with Gasteiger partial charge in [0.05, 0.1) is 0 Å². The molecule has 0 heterocycles. The molecule has 2 saturated carbocycles. The highest BCUT2D eigenvalue weighted by Gasteiger charge is 2.30. The Balaban J connectivity index is 1.75. The molecule has 178 valence electrons. The number of hydrogen-bond donors (Lipinski definition) is 2. The van der Waals surface area contributed by atoms with E-state index >= 15 is 0 Å². The first-order chi connectivity index (χ1) is 15.3. The fourth-order valence-corrected chi connectivity index (χ4v) is 5.17. The van der Waals surface area contributed by atoms with Crippen LogP contribution in [0.2, 0.25) is 5.02 Å². The van der Waals surface area contributed by atoms with Crippen LogP contribution in [0.15, 0.2) is 18.2 Å².